The second-order valence-corrected chi connectivity index (χ2v) is 7.10. The second kappa shape index (κ2) is 9.66. The Balaban J connectivity index is 1.50. The van der Waals surface area contributed by atoms with E-state index in [1.807, 2.05) is 54.6 Å². The van der Waals surface area contributed by atoms with Crippen LogP contribution in [0.25, 0.3) is 0 Å². The molecule has 4 aromatic rings. The van der Waals surface area contributed by atoms with E-state index in [-0.39, 0.29) is 23.6 Å². The molecule has 0 fully saturated rings. The zero-order chi connectivity index (χ0) is 22.3. The number of carbonyl (C=O) groups is 2. The van der Waals surface area contributed by atoms with Crippen LogP contribution < -0.4 is 15.4 Å². The van der Waals surface area contributed by atoms with Gasteiger partial charge in [-0.2, -0.15) is 0 Å². The third-order valence-electron chi connectivity index (χ3n) is 5.01. The van der Waals surface area contributed by atoms with Gasteiger partial charge in [0.2, 0.25) is 0 Å². The number of ether oxygens (including phenoxy) is 1. The maximum Gasteiger partial charge on any atom is 0.291 e. The van der Waals surface area contributed by atoms with E-state index in [9.17, 15) is 9.59 Å². The molecule has 3 aromatic carbocycles. The van der Waals surface area contributed by atoms with Crippen molar-refractivity contribution in [3.05, 3.63) is 120 Å². The van der Waals surface area contributed by atoms with Gasteiger partial charge in [-0.1, -0.05) is 42.5 Å². The van der Waals surface area contributed by atoms with Crippen molar-refractivity contribution in [2.75, 3.05) is 12.4 Å². The van der Waals surface area contributed by atoms with E-state index in [1.165, 1.54) is 6.26 Å². The van der Waals surface area contributed by atoms with Gasteiger partial charge in [-0.25, -0.2) is 0 Å². The van der Waals surface area contributed by atoms with E-state index < -0.39 is 0 Å². The summed E-state index contributed by atoms with van der Waals surface area (Å²) < 4.78 is 10.3. The summed E-state index contributed by atoms with van der Waals surface area (Å²) in [6, 6.07) is 27.0. The molecular formula is C26H22N2O4. The van der Waals surface area contributed by atoms with Gasteiger partial charge in [-0.05, 0) is 59.7 Å². The Morgan fingerprint density at radius 1 is 0.781 bits per heavy atom. The van der Waals surface area contributed by atoms with Crippen LogP contribution in [0.3, 0.4) is 0 Å². The molecule has 0 aliphatic heterocycles. The molecule has 6 heteroatoms. The third-order valence-corrected chi connectivity index (χ3v) is 5.01. The van der Waals surface area contributed by atoms with Crippen LogP contribution in [-0.2, 0) is 0 Å². The maximum atomic E-state index is 13.0. The molecule has 32 heavy (non-hydrogen) atoms. The Morgan fingerprint density at radius 2 is 1.47 bits per heavy atom. The Morgan fingerprint density at radius 3 is 2.09 bits per heavy atom. The van der Waals surface area contributed by atoms with Gasteiger partial charge in [0, 0.05) is 11.3 Å². The van der Waals surface area contributed by atoms with Crippen LogP contribution in [0.2, 0.25) is 0 Å². The van der Waals surface area contributed by atoms with Crippen molar-refractivity contribution in [3.8, 4) is 5.75 Å². The number of hydrogen-bond acceptors (Lipinski definition) is 4. The molecule has 2 N–H and O–H groups in total. The summed E-state index contributed by atoms with van der Waals surface area (Å²) in [4.78, 5) is 25.1. The first-order chi connectivity index (χ1) is 15.6. The van der Waals surface area contributed by atoms with E-state index in [0.29, 0.717) is 11.3 Å². The number of carbonyl (C=O) groups excluding carboxylic acids is 2. The van der Waals surface area contributed by atoms with Crippen molar-refractivity contribution in [1.29, 1.82) is 0 Å². The van der Waals surface area contributed by atoms with Crippen molar-refractivity contribution in [3.63, 3.8) is 0 Å². The van der Waals surface area contributed by atoms with Crippen LogP contribution >= 0.6 is 0 Å². The monoisotopic (exact) mass is 426 g/mol. The van der Waals surface area contributed by atoms with E-state index in [2.05, 4.69) is 10.6 Å². The first kappa shape index (κ1) is 20.9. The Bertz CT molecular complexity index is 1170. The molecule has 1 atom stereocenters. The molecule has 0 saturated carbocycles. The summed E-state index contributed by atoms with van der Waals surface area (Å²) >= 11 is 0. The van der Waals surface area contributed by atoms with Crippen molar-refractivity contribution in [2.24, 2.45) is 0 Å². The normalized spacial score (nSPS) is 11.4. The molecule has 0 aliphatic carbocycles. The number of furan rings is 1. The van der Waals surface area contributed by atoms with Gasteiger partial charge in [0.1, 0.15) is 5.75 Å². The number of nitrogens with one attached hydrogen (secondary N) is 2. The molecule has 2 amide bonds. The summed E-state index contributed by atoms with van der Waals surface area (Å²) in [5, 5.41) is 5.84. The molecule has 1 heterocycles. The minimum Gasteiger partial charge on any atom is -0.497 e. The zero-order valence-electron chi connectivity index (χ0n) is 17.4. The molecule has 0 bridgehead atoms. The zero-order valence-corrected chi connectivity index (χ0v) is 17.4. The number of hydrogen-bond donors (Lipinski definition) is 2. The summed E-state index contributed by atoms with van der Waals surface area (Å²) in [5.41, 5.74) is 2.95. The highest BCUT2D eigenvalue weighted by Gasteiger charge is 2.18. The molecule has 0 spiro atoms. The van der Waals surface area contributed by atoms with Crippen molar-refractivity contribution >= 4 is 17.5 Å². The summed E-state index contributed by atoms with van der Waals surface area (Å²) in [7, 11) is 1.62. The standard InChI is InChI=1S/C26H22N2O4/c1-31-22-15-11-19(12-16-22)24(18-6-3-2-4-7-18)28-25(29)20-9-13-21(14-10-20)27-26(30)23-8-5-17-32-23/h2-17,24H,1H3,(H,27,30)(H,28,29). The number of methoxy groups -OCH3 is 1. The van der Waals surface area contributed by atoms with Crippen molar-refractivity contribution in [1.82, 2.24) is 5.32 Å². The fraction of sp³-hybridized carbons (Fsp3) is 0.0769. The molecule has 0 radical (unpaired) electrons. The summed E-state index contributed by atoms with van der Waals surface area (Å²) in [5.74, 6) is 0.394. The molecule has 4 rings (SSSR count). The smallest absolute Gasteiger partial charge is 0.291 e. The Kier molecular flexibility index (Phi) is 6.32. The fourth-order valence-corrected chi connectivity index (χ4v) is 3.32. The lowest BCUT2D eigenvalue weighted by Crippen LogP contribution is -2.29. The number of benzene rings is 3. The number of rotatable bonds is 7. The van der Waals surface area contributed by atoms with Gasteiger partial charge in [0.05, 0.1) is 19.4 Å². The van der Waals surface area contributed by atoms with Crippen molar-refractivity contribution < 1.29 is 18.7 Å². The van der Waals surface area contributed by atoms with Crippen LogP contribution in [0, 0.1) is 0 Å². The highest BCUT2D eigenvalue weighted by atomic mass is 16.5. The van der Waals surface area contributed by atoms with Crippen LogP contribution in [0.15, 0.2) is 102 Å². The highest BCUT2D eigenvalue weighted by molar-refractivity contribution is 6.02. The molecule has 160 valence electrons. The minimum absolute atomic E-state index is 0.219. The van der Waals surface area contributed by atoms with E-state index >= 15 is 0 Å². The quantitative estimate of drug-likeness (QED) is 0.433. The highest BCUT2D eigenvalue weighted by Crippen LogP contribution is 2.25. The largest absolute Gasteiger partial charge is 0.497 e. The molecule has 0 aliphatic rings. The fourth-order valence-electron chi connectivity index (χ4n) is 3.32. The van der Waals surface area contributed by atoms with E-state index in [0.717, 1.165) is 16.9 Å². The topological polar surface area (TPSA) is 80.6 Å². The average Bonchev–Trinajstić information content (AvgIpc) is 3.39. The second-order valence-electron chi connectivity index (χ2n) is 7.10. The Labute approximate surface area is 185 Å². The molecular weight excluding hydrogens is 404 g/mol. The third kappa shape index (κ3) is 4.87. The van der Waals surface area contributed by atoms with Crippen LogP contribution in [-0.4, -0.2) is 18.9 Å². The van der Waals surface area contributed by atoms with Crippen LogP contribution in [0.1, 0.15) is 38.1 Å². The first-order valence-corrected chi connectivity index (χ1v) is 10.1. The molecule has 0 saturated heterocycles. The van der Waals surface area contributed by atoms with Crippen LogP contribution in [0.4, 0.5) is 5.69 Å². The lowest BCUT2D eigenvalue weighted by molar-refractivity contribution is 0.0942. The lowest BCUT2D eigenvalue weighted by Gasteiger charge is -2.20. The predicted molar refractivity (Wildman–Crippen MR) is 122 cm³/mol. The SMILES string of the molecule is COc1ccc(C(NC(=O)c2ccc(NC(=O)c3ccco3)cc2)c2ccccc2)cc1. The first-order valence-electron chi connectivity index (χ1n) is 10.1. The summed E-state index contributed by atoms with van der Waals surface area (Å²) in [6.45, 7) is 0. The van der Waals surface area contributed by atoms with Crippen LogP contribution in [0.5, 0.6) is 5.75 Å². The maximum absolute atomic E-state index is 13.0. The minimum atomic E-state index is -0.351. The molecule has 1 aromatic heterocycles. The molecule has 1 unspecified atom stereocenters. The average molecular weight is 426 g/mol. The van der Waals surface area contributed by atoms with Gasteiger partial charge < -0.3 is 19.8 Å². The van der Waals surface area contributed by atoms with Gasteiger partial charge in [-0.15, -0.1) is 0 Å². The number of anilines is 1. The lowest BCUT2D eigenvalue weighted by atomic mass is 9.98. The van der Waals surface area contributed by atoms with Crippen molar-refractivity contribution in [2.45, 2.75) is 6.04 Å². The van der Waals surface area contributed by atoms with Gasteiger partial charge in [-0.3, -0.25) is 9.59 Å². The van der Waals surface area contributed by atoms with Gasteiger partial charge in [0.15, 0.2) is 5.76 Å². The number of amides is 2. The Hall–Kier alpha value is -4.32. The predicted octanol–water partition coefficient (Wildman–Crippen LogP) is 5.06. The van der Waals surface area contributed by atoms with Gasteiger partial charge >= 0.3 is 0 Å². The van der Waals surface area contributed by atoms with E-state index in [4.69, 9.17) is 9.15 Å². The van der Waals surface area contributed by atoms with E-state index in [1.54, 1.807) is 43.5 Å². The molecule has 6 nitrogen and oxygen atoms in total. The summed E-state index contributed by atoms with van der Waals surface area (Å²) in [6.07, 6.45) is 1.44. The van der Waals surface area contributed by atoms with Gasteiger partial charge in [0.25, 0.3) is 11.8 Å².